The van der Waals surface area contributed by atoms with E-state index in [2.05, 4.69) is 6.58 Å². The average Bonchev–Trinajstić information content (AvgIpc) is 3.11. The van der Waals surface area contributed by atoms with E-state index in [-0.39, 0.29) is 12.4 Å². The van der Waals surface area contributed by atoms with Gasteiger partial charge in [-0.25, -0.2) is 9.78 Å². The molecule has 4 rings (SSSR count). The second-order valence-corrected chi connectivity index (χ2v) is 8.12. The highest BCUT2D eigenvalue weighted by Gasteiger charge is 2.20. The van der Waals surface area contributed by atoms with E-state index < -0.39 is 5.97 Å². The summed E-state index contributed by atoms with van der Waals surface area (Å²) in [5.74, 6) is -0.779. The van der Waals surface area contributed by atoms with Crippen LogP contribution in [-0.4, -0.2) is 27.9 Å². The molecule has 5 nitrogen and oxygen atoms in total. The van der Waals surface area contributed by atoms with Gasteiger partial charge in [0.2, 0.25) is 5.78 Å². The summed E-state index contributed by atoms with van der Waals surface area (Å²) in [6.07, 6.45) is 1.79. The molecule has 0 bridgehead atoms. The van der Waals surface area contributed by atoms with Crippen molar-refractivity contribution in [3.63, 3.8) is 0 Å². The topological polar surface area (TPSA) is 61.2 Å². The van der Waals surface area contributed by atoms with Gasteiger partial charge >= 0.3 is 5.97 Å². The van der Waals surface area contributed by atoms with Crippen LogP contribution in [0.2, 0.25) is 0 Å². The normalized spacial score (nSPS) is 10.9. The fourth-order valence-corrected chi connectivity index (χ4v) is 4.00. The van der Waals surface area contributed by atoms with Gasteiger partial charge in [0.25, 0.3) is 0 Å². The van der Waals surface area contributed by atoms with Crippen molar-refractivity contribution >= 4 is 22.7 Å². The Bertz CT molecular complexity index is 1360. The van der Waals surface area contributed by atoms with Gasteiger partial charge in [-0.05, 0) is 39.0 Å². The molecule has 0 N–H and O–H groups in total. The maximum Gasteiger partial charge on any atom is 0.339 e. The largest absolute Gasteiger partial charge is 0.454 e. The van der Waals surface area contributed by atoms with Crippen LogP contribution in [0.5, 0.6) is 0 Å². The van der Waals surface area contributed by atoms with E-state index in [0.717, 1.165) is 22.5 Å². The van der Waals surface area contributed by atoms with Crippen LogP contribution < -0.4 is 0 Å². The standard InChI is InChI=1S/C28H26N2O3/c1-5-14-30-19(3)15-23(20(30)4)27(31)17-33-28(32)24-16-26(21-12-10-18(2)11-13-21)29-25-9-7-6-8-22(24)25/h5-13,15-16H,1,14,17H2,2-4H3. The lowest BCUT2D eigenvalue weighted by atomic mass is 10.0. The molecule has 0 saturated heterocycles. The third-order valence-electron chi connectivity index (χ3n) is 5.80. The Morgan fingerprint density at radius 3 is 2.45 bits per heavy atom. The number of ether oxygens (including phenoxy) is 1. The number of nitrogens with zero attached hydrogens (tertiary/aromatic N) is 2. The number of ketones is 1. The molecule has 0 saturated carbocycles. The average molecular weight is 439 g/mol. The van der Waals surface area contributed by atoms with Gasteiger partial charge in [-0.2, -0.15) is 0 Å². The summed E-state index contributed by atoms with van der Waals surface area (Å²) in [5.41, 5.74) is 6.18. The number of pyridine rings is 1. The van der Waals surface area contributed by atoms with Crippen molar-refractivity contribution in [3.05, 3.63) is 101 Å². The quantitative estimate of drug-likeness (QED) is 0.206. The summed E-state index contributed by atoms with van der Waals surface area (Å²) in [4.78, 5) is 30.6. The van der Waals surface area contributed by atoms with Gasteiger partial charge in [-0.3, -0.25) is 4.79 Å². The Labute approximate surface area is 193 Å². The summed E-state index contributed by atoms with van der Waals surface area (Å²) in [6, 6.07) is 19.0. The third-order valence-corrected chi connectivity index (χ3v) is 5.80. The number of hydrogen-bond donors (Lipinski definition) is 0. The molecule has 4 aromatic rings. The highest BCUT2D eigenvalue weighted by atomic mass is 16.5. The second kappa shape index (κ2) is 9.25. The van der Waals surface area contributed by atoms with Crippen molar-refractivity contribution in [2.75, 3.05) is 6.61 Å². The first-order valence-electron chi connectivity index (χ1n) is 10.8. The van der Waals surface area contributed by atoms with Crippen LogP contribution in [0.15, 0.2) is 73.3 Å². The molecule has 2 aromatic carbocycles. The van der Waals surface area contributed by atoms with Gasteiger partial charge in [-0.15, -0.1) is 6.58 Å². The summed E-state index contributed by atoms with van der Waals surface area (Å²) < 4.78 is 7.49. The first-order chi connectivity index (χ1) is 15.9. The number of esters is 1. The fourth-order valence-electron chi connectivity index (χ4n) is 4.00. The lowest BCUT2D eigenvalue weighted by Crippen LogP contribution is -2.15. The molecule has 0 aliphatic rings. The van der Waals surface area contributed by atoms with Crippen molar-refractivity contribution in [1.29, 1.82) is 0 Å². The number of carbonyl (C=O) groups excluding carboxylic acids is 2. The number of rotatable bonds is 7. The number of aryl methyl sites for hydroxylation is 2. The molecule has 166 valence electrons. The van der Waals surface area contributed by atoms with Gasteiger partial charge in [0, 0.05) is 34.4 Å². The minimum atomic E-state index is -0.546. The fraction of sp³-hybridized carbons (Fsp3) is 0.179. The summed E-state index contributed by atoms with van der Waals surface area (Å²) in [5, 5.41) is 0.690. The molecule has 0 unspecified atom stereocenters. The predicted molar refractivity (Wildman–Crippen MR) is 131 cm³/mol. The van der Waals surface area contributed by atoms with Crippen LogP contribution in [0.1, 0.15) is 37.7 Å². The molecule has 33 heavy (non-hydrogen) atoms. The zero-order chi connectivity index (χ0) is 23.5. The van der Waals surface area contributed by atoms with E-state index in [1.54, 1.807) is 12.1 Å². The number of carbonyl (C=O) groups is 2. The molecule has 0 aliphatic heterocycles. The first-order valence-corrected chi connectivity index (χ1v) is 10.8. The number of fused-ring (bicyclic) bond motifs is 1. The zero-order valence-electron chi connectivity index (χ0n) is 19.1. The highest BCUT2D eigenvalue weighted by molar-refractivity contribution is 6.06. The Morgan fingerprint density at radius 2 is 1.73 bits per heavy atom. The van der Waals surface area contributed by atoms with E-state index in [1.807, 2.05) is 79.9 Å². The molecular weight excluding hydrogens is 412 g/mol. The maximum absolute atomic E-state index is 13.1. The van der Waals surface area contributed by atoms with Crippen LogP contribution in [0.4, 0.5) is 0 Å². The zero-order valence-corrected chi connectivity index (χ0v) is 19.1. The van der Waals surface area contributed by atoms with E-state index in [1.165, 1.54) is 0 Å². The SMILES string of the molecule is C=CCn1c(C)cc(C(=O)COC(=O)c2cc(-c3ccc(C)cc3)nc3ccccc23)c1C. The van der Waals surface area contributed by atoms with Crippen molar-refractivity contribution in [3.8, 4) is 11.3 Å². The molecule has 2 heterocycles. The van der Waals surface area contributed by atoms with Crippen molar-refractivity contribution < 1.29 is 14.3 Å². The first kappa shape index (κ1) is 22.2. The van der Waals surface area contributed by atoms with Gasteiger partial charge in [-0.1, -0.05) is 54.1 Å². The molecule has 0 spiro atoms. The Kier molecular flexibility index (Phi) is 6.22. The summed E-state index contributed by atoms with van der Waals surface area (Å²) in [7, 11) is 0. The van der Waals surface area contributed by atoms with Crippen LogP contribution >= 0.6 is 0 Å². The molecule has 0 aliphatic carbocycles. The van der Waals surface area contributed by atoms with Crippen molar-refractivity contribution in [1.82, 2.24) is 9.55 Å². The van der Waals surface area contributed by atoms with Crippen molar-refractivity contribution in [2.24, 2.45) is 0 Å². The van der Waals surface area contributed by atoms with Gasteiger partial charge < -0.3 is 9.30 Å². The second-order valence-electron chi connectivity index (χ2n) is 8.12. The van der Waals surface area contributed by atoms with E-state index in [4.69, 9.17) is 9.72 Å². The number of aromatic nitrogens is 2. The monoisotopic (exact) mass is 438 g/mol. The summed E-state index contributed by atoms with van der Waals surface area (Å²) in [6.45, 7) is 9.90. The number of Topliss-reactive ketones (excluding diaryl/α,β-unsaturated/α-hetero) is 1. The molecule has 0 amide bonds. The predicted octanol–water partition coefficient (Wildman–Crippen LogP) is 5.85. The Balaban J connectivity index is 1.62. The van der Waals surface area contributed by atoms with Crippen LogP contribution in [0.25, 0.3) is 22.2 Å². The lowest BCUT2D eigenvalue weighted by molar-refractivity contribution is 0.0476. The van der Waals surface area contributed by atoms with Gasteiger partial charge in [0.05, 0.1) is 16.8 Å². The lowest BCUT2D eigenvalue weighted by Gasteiger charge is -2.10. The number of benzene rings is 2. The number of hydrogen-bond acceptors (Lipinski definition) is 4. The van der Waals surface area contributed by atoms with Crippen LogP contribution in [-0.2, 0) is 11.3 Å². The number of allylic oxidation sites excluding steroid dienone is 1. The maximum atomic E-state index is 13.1. The Hall–Kier alpha value is -3.99. The molecule has 0 atom stereocenters. The highest BCUT2D eigenvalue weighted by Crippen LogP contribution is 2.26. The minimum absolute atomic E-state index is 0.233. The van der Waals surface area contributed by atoms with Crippen LogP contribution in [0, 0.1) is 20.8 Å². The number of para-hydroxylation sites is 1. The Morgan fingerprint density at radius 1 is 1.00 bits per heavy atom. The molecule has 2 aromatic heterocycles. The smallest absolute Gasteiger partial charge is 0.339 e. The molecular formula is C28H26N2O3. The van der Waals surface area contributed by atoms with Gasteiger partial charge in [0.1, 0.15) is 0 Å². The molecule has 0 fully saturated rings. The van der Waals surface area contributed by atoms with Crippen molar-refractivity contribution in [2.45, 2.75) is 27.3 Å². The van der Waals surface area contributed by atoms with Gasteiger partial charge in [0.15, 0.2) is 6.61 Å². The van der Waals surface area contributed by atoms with Crippen LogP contribution in [0.3, 0.4) is 0 Å². The summed E-state index contributed by atoms with van der Waals surface area (Å²) >= 11 is 0. The minimum Gasteiger partial charge on any atom is -0.454 e. The third kappa shape index (κ3) is 4.48. The van der Waals surface area contributed by atoms with E-state index >= 15 is 0 Å². The van der Waals surface area contributed by atoms with E-state index in [0.29, 0.717) is 34.3 Å². The molecule has 5 heteroatoms. The van der Waals surface area contributed by atoms with E-state index in [9.17, 15) is 9.59 Å². The molecule has 0 radical (unpaired) electrons.